The van der Waals surface area contributed by atoms with Gasteiger partial charge in [-0.1, -0.05) is 23.8 Å². The summed E-state index contributed by atoms with van der Waals surface area (Å²) < 4.78 is 23.8. The molecule has 0 fully saturated rings. The van der Waals surface area contributed by atoms with Crippen LogP contribution in [0.2, 0.25) is 5.02 Å². The summed E-state index contributed by atoms with van der Waals surface area (Å²) in [5, 5.41) is 4.33. The fraction of sp³-hybridized carbons (Fsp3) is 0.308. The lowest BCUT2D eigenvalue weighted by atomic mass is 9.96. The summed E-state index contributed by atoms with van der Waals surface area (Å²) in [6.07, 6.45) is 8.81. The number of nitrogens with one attached hydrogen (secondary N) is 1. The van der Waals surface area contributed by atoms with Crippen molar-refractivity contribution < 1.29 is 8.42 Å². The first-order valence-electron chi connectivity index (χ1n) is 6.03. The van der Waals surface area contributed by atoms with Gasteiger partial charge in [0.05, 0.1) is 4.90 Å². The average molecular weight is 299 g/mol. The lowest BCUT2D eigenvalue weighted by molar-refractivity contribution is 0.582. The number of hydrogen-bond donors (Lipinski definition) is 1. The van der Waals surface area contributed by atoms with Crippen molar-refractivity contribution in [3.8, 4) is 0 Å². The van der Waals surface area contributed by atoms with E-state index in [9.17, 15) is 8.42 Å². The Morgan fingerprint density at radius 2 is 2.00 bits per heavy atom. The molecule has 1 unspecified atom stereocenters. The predicted molar refractivity (Wildman–Crippen MR) is 76.7 cm³/mol. The molecule has 1 N–H and O–H groups in total. The Labute approximate surface area is 118 Å². The molecule has 2 rings (SSSR count). The van der Waals surface area contributed by atoms with Crippen molar-refractivity contribution >= 4 is 27.8 Å². The fourth-order valence-electron chi connectivity index (χ4n) is 1.82. The van der Waals surface area contributed by atoms with Gasteiger partial charge in [0.15, 0.2) is 0 Å². The van der Waals surface area contributed by atoms with E-state index < -0.39 is 10.0 Å². The van der Waals surface area contributed by atoms with Crippen LogP contribution in [-0.2, 0) is 10.0 Å². The van der Waals surface area contributed by atoms with E-state index in [1.54, 1.807) is 6.21 Å². The van der Waals surface area contributed by atoms with Crippen LogP contribution in [0, 0.1) is 5.92 Å². The highest BCUT2D eigenvalue weighted by Gasteiger charge is 2.12. The number of hydrogen-bond acceptors (Lipinski definition) is 3. The van der Waals surface area contributed by atoms with Gasteiger partial charge in [-0.05, 0) is 49.4 Å². The van der Waals surface area contributed by atoms with Crippen LogP contribution < -0.4 is 4.83 Å². The summed E-state index contributed by atoms with van der Waals surface area (Å²) in [4.78, 5) is 2.37. The summed E-state index contributed by atoms with van der Waals surface area (Å²) in [6.45, 7) is 0. The summed E-state index contributed by atoms with van der Waals surface area (Å²) in [6, 6.07) is 5.96. The van der Waals surface area contributed by atoms with Crippen LogP contribution in [0.3, 0.4) is 0 Å². The van der Waals surface area contributed by atoms with E-state index in [-0.39, 0.29) is 4.90 Å². The molecule has 1 aromatic carbocycles. The van der Waals surface area contributed by atoms with Crippen LogP contribution in [0.4, 0.5) is 0 Å². The van der Waals surface area contributed by atoms with E-state index in [1.165, 1.54) is 24.3 Å². The number of hydrazone groups is 1. The van der Waals surface area contributed by atoms with E-state index >= 15 is 0 Å². The van der Waals surface area contributed by atoms with Crippen molar-refractivity contribution in [2.75, 3.05) is 0 Å². The van der Waals surface area contributed by atoms with Crippen molar-refractivity contribution in [1.29, 1.82) is 0 Å². The number of sulfonamides is 1. The van der Waals surface area contributed by atoms with E-state index in [2.05, 4.69) is 22.1 Å². The number of benzene rings is 1. The first-order valence-corrected chi connectivity index (χ1v) is 7.89. The van der Waals surface area contributed by atoms with Gasteiger partial charge >= 0.3 is 0 Å². The Morgan fingerprint density at radius 1 is 1.26 bits per heavy atom. The molecule has 0 aliphatic heterocycles. The highest BCUT2D eigenvalue weighted by atomic mass is 35.5. The molecule has 0 aromatic heterocycles. The van der Waals surface area contributed by atoms with Gasteiger partial charge in [-0.3, -0.25) is 0 Å². The lowest BCUT2D eigenvalue weighted by Gasteiger charge is -2.12. The molecule has 0 heterocycles. The van der Waals surface area contributed by atoms with Gasteiger partial charge in [0.2, 0.25) is 0 Å². The molecule has 0 saturated carbocycles. The van der Waals surface area contributed by atoms with Gasteiger partial charge < -0.3 is 0 Å². The van der Waals surface area contributed by atoms with Crippen LogP contribution in [0.1, 0.15) is 19.3 Å². The van der Waals surface area contributed by atoms with Gasteiger partial charge in [0.1, 0.15) is 0 Å². The van der Waals surface area contributed by atoms with E-state index in [0.29, 0.717) is 10.9 Å². The van der Waals surface area contributed by atoms with Crippen molar-refractivity contribution in [3.05, 3.63) is 41.4 Å². The molecule has 0 radical (unpaired) electrons. The van der Waals surface area contributed by atoms with Gasteiger partial charge in [0, 0.05) is 11.2 Å². The summed E-state index contributed by atoms with van der Waals surface area (Å²) in [5.74, 6) is 0.304. The minimum Gasteiger partial charge on any atom is -0.200 e. The average Bonchev–Trinajstić information content (AvgIpc) is 2.40. The van der Waals surface area contributed by atoms with Crippen molar-refractivity contribution in [3.63, 3.8) is 0 Å². The van der Waals surface area contributed by atoms with Crippen molar-refractivity contribution in [2.24, 2.45) is 11.0 Å². The monoisotopic (exact) mass is 298 g/mol. The largest absolute Gasteiger partial charge is 0.276 e. The maximum atomic E-state index is 11.9. The second-order valence-electron chi connectivity index (χ2n) is 4.37. The van der Waals surface area contributed by atoms with Crippen LogP contribution in [0.25, 0.3) is 0 Å². The highest BCUT2D eigenvalue weighted by Crippen LogP contribution is 2.16. The van der Waals surface area contributed by atoms with Crippen molar-refractivity contribution in [2.45, 2.75) is 24.2 Å². The Kier molecular flexibility index (Phi) is 4.61. The lowest BCUT2D eigenvalue weighted by Crippen LogP contribution is -2.19. The molecule has 6 heteroatoms. The Balaban J connectivity index is 1.99. The predicted octanol–water partition coefficient (Wildman–Crippen LogP) is 2.96. The zero-order chi connectivity index (χ0) is 13.7. The van der Waals surface area contributed by atoms with E-state index in [4.69, 9.17) is 11.6 Å². The molecule has 0 amide bonds. The number of nitrogens with zero attached hydrogens (tertiary/aromatic N) is 1. The van der Waals surface area contributed by atoms with Crippen LogP contribution in [0.15, 0.2) is 46.4 Å². The van der Waals surface area contributed by atoms with Gasteiger partial charge in [-0.2, -0.15) is 13.5 Å². The molecular weight excluding hydrogens is 284 g/mol. The molecule has 1 aromatic rings. The molecule has 102 valence electrons. The normalized spacial score (nSPS) is 19.7. The standard InChI is InChI=1S/C13H15ClN2O2S/c14-12-6-8-13(9-7-12)19(17,18)16-15-10-11-4-2-1-3-5-11/h1-2,6-11,16H,3-5H2. The molecule has 1 aliphatic rings. The molecule has 1 aliphatic carbocycles. The summed E-state index contributed by atoms with van der Waals surface area (Å²) >= 11 is 5.72. The molecule has 4 nitrogen and oxygen atoms in total. The second kappa shape index (κ2) is 6.21. The Bertz CT molecular complexity index is 579. The molecular formula is C13H15ClN2O2S. The zero-order valence-electron chi connectivity index (χ0n) is 10.3. The SMILES string of the molecule is O=S(=O)(NN=CC1CC=CCC1)c1ccc(Cl)cc1. The smallest absolute Gasteiger partial charge is 0.200 e. The van der Waals surface area contributed by atoms with Gasteiger partial charge in [0.25, 0.3) is 10.0 Å². The zero-order valence-corrected chi connectivity index (χ0v) is 11.9. The fourth-order valence-corrected chi connectivity index (χ4v) is 2.75. The maximum absolute atomic E-state index is 11.9. The first-order chi connectivity index (χ1) is 9.08. The summed E-state index contributed by atoms with van der Waals surface area (Å²) in [5.41, 5.74) is 0. The molecule has 0 saturated heterocycles. The molecule has 1 atom stereocenters. The minimum atomic E-state index is -3.60. The van der Waals surface area contributed by atoms with Gasteiger partial charge in [-0.15, -0.1) is 0 Å². The third-order valence-corrected chi connectivity index (χ3v) is 4.38. The minimum absolute atomic E-state index is 0.151. The number of rotatable bonds is 4. The Morgan fingerprint density at radius 3 is 2.63 bits per heavy atom. The van der Waals surface area contributed by atoms with Crippen LogP contribution in [0.5, 0.6) is 0 Å². The molecule has 0 bridgehead atoms. The quantitative estimate of drug-likeness (QED) is 0.528. The third-order valence-electron chi connectivity index (χ3n) is 2.89. The number of halogens is 1. The van der Waals surface area contributed by atoms with Crippen molar-refractivity contribution in [1.82, 2.24) is 4.83 Å². The highest BCUT2D eigenvalue weighted by molar-refractivity contribution is 7.89. The molecule has 0 spiro atoms. The maximum Gasteiger partial charge on any atom is 0.276 e. The van der Waals surface area contributed by atoms with Crippen LogP contribution >= 0.6 is 11.6 Å². The topological polar surface area (TPSA) is 58.5 Å². The third kappa shape index (κ3) is 4.08. The second-order valence-corrected chi connectivity index (χ2v) is 6.47. The van der Waals surface area contributed by atoms with E-state index in [1.807, 2.05) is 0 Å². The molecule has 19 heavy (non-hydrogen) atoms. The van der Waals surface area contributed by atoms with Crippen LogP contribution in [-0.4, -0.2) is 14.6 Å². The first kappa shape index (κ1) is 14.1. The Hall–Kier alpha value is -1.33. The van der Waals surface area contributed by atoms with Gasteiger partial charge in [-0.25, -0.2) is 4.83 Å². The summed E-state index contributed by atoms with van der Waals surface area (Å²) in [7, 11) is -3.60. The number of allylic oxidation sites excluding steroid dienone is 2. The van der Waals surface area contributed by atoms with E-state index in [0.717, 1.165) is 19.3 Å².